The number of pyridine rings is 1. The summed E-state index contributed by atoms with van der Waals surface area (Å²) in [5, 5.41) is 1.30. The molecule has 2 rings (SSSR count). The lowest BCUT2D eigenvalue weighted by Gasteiger charge is -1.96. The first-order valence-corrected chi connectivity index (χ1v) is 4.63. The molecule has 0 amide bonds. The van der Waals surface area contributed by atoms with Crippen LogP contribution in [0.3, 0.4) is 0 Å². The van der Waals surface area contributed by atoms with Crippen molar-refractivity contribution in [3.63, 3.8) is 0 Å². The minimum atomic E-state index is 1.07. The number of aromatic nitrogens is 2. The first-order valence-electron chi connectivity index (χ1n) is 4.63. The number of nitrogens with zero attached hydrogens (tertiary/aromatic N) is 2. The van der Waals surface area contributed by atoms with E-state index >= 15 is 0 Å². The van der Waals surface area contributed by atoms with Crippen molar-refractivity contribution in [2.45, 2.75) is 20.3 Å². The van der Waals surface area contributed by atoms with E-state index in [2.05, 4.69) is 35.7 Å². The average molecular weight is 174 g/mol. The SMILES string of the molecule is CCc1cn(C)c2ncc(C)cc12. The Morgan fingerprint density at radius 2 is 2.23 bits per heavy atom. The lowest BCUT2D eigenvalue weighted by Crippen LogP contribution is -1.87. The van der Waals surface area contributed by atoms with E-state index in [9.17, 15) is 0 Å². The molecule has 0 saturated heterocycles. The maximum atomic E-state index is 4.41. The molecule has 0 aliphatic rings. The second-order valence-corrected chi connectivity index (χ2v) is 3.50. The molecule has 2 aromatic heterocycles. The van der Waals surface area contributed by atoms with Crippen LogP contribution in [0.2, 0.25) is 0 Å². The Hall–Kier alpha value is -1.31. The summed E-state index contributed by atoms with van der Waals surface area (Å²) >= 11 is 0. The molecule has 2 aromatic rings. The van der Waals surface area contributed by atoms with Crippen LogP contribution < -0.4 is 0 Å². The van der Waals surface area contributed by atoms with E-state index in [0.29, 0.717) is 0 Å². The van der Waals surface area contributed by atoms with Gasteiger partial charge in [-0.15, -0.1) is 0 Å². The molecule has 2 nitrogen and oxygen atoms in total. The topological polar surface area (TPSA) is 17.8 Å². The molecule has 0 bridgehead atoms. The Morgan fingerprint density at radius 1 is 1.46 bits per heavy atom. The number of hydrogen-bond donors (Lipinski definition) is 0. The first-order chi connectivity index (χ1) is 6.22. The van der Waals surface area contributed by atoms with E-state index in [1.54, 1.807) is 0 Å². The summed E-state index contributed by atoms with van der Waals surface area (Å²) in [6.45, 7) is 4.26. The summed E-state index contributed by atoms with van der Waals surface area (Å²) < 4.78 is 2.09. The van der Waals surface area contributed by atoms with Gasteiger partial charge in [-0.3, -0.25) is 0 Å². The van der Waals surface area contributed by atoms with E-state index in [1.807, 2.05) is 13.2 Å². The maximum Gasteiger partial charge on any atom is 0.139 e. The molecule has 0 atom stereocenters. The van der Waals surface area contributed by atoms with Crippen LogP contribution in [0.4, 0.5) is 0 Å². The van der Waals surface area contributed by atoms with Gasteiger partial charge < -0.3 is 4.57 Å². The molecular weight excluding hydrogens is 160 g/mol. The molecule has 2 heteroatoms. The van der Waals surface area contributed by atoms with Gasteiger partial charge in [0.15, 0.2) is 0 Å². The molecular formula is C11H14N2. The van der Waals surface area contributed by atoms with Crippen LogP contribution in [0.25, 0.3) is 11.0 Å². The third kappa shape index (κ3) is 1.22. The van der Waals surface area contributed by atoms with Crippen molar-refractivity contribution in [3.05, 3.63) is 29.6 Å². The van der Waals surface area contributed by atoms with Crippen molar-refractivity contribution < 1.29 is 0 Å². The highest BCUT2D eigenvalue weighted by molar-refractivity contribution is 5.80. The molecule has 0 aliphatic heterocycles. The predicted octanol–water partition coefficient (Wildman–Crippen LogP) is 2.44. The molecule has 0 unspecified atom stereocenters. The zero-order chi connectivity index (χ0) is 9.42. The van der Waals surface area contributed by atoms with Gasteiger partial charge in [-0.05, 0) is 30.5 Å². The fraction of sp³-hybridized carbons (Fsp3) is 0.364. The zero-order valence-electron chi connectivity index (χ0n) is 8.33. The lowest BCUT2D eigenvalue weighted by atomic mass is 10.1. The van der Waals surface area contributed by atoms with Crippen molar-refractivity contribution in [1.82, 2.24) is 9.55 Å². The zero-order valence-corrected chi connectivity index (χ0v) is 8.33. The minimum absolute atomic E-state index is 1.07. The lowest BCUT2D eigenvalue weighted by molar-refractivity contribution is 0.936. The quantitative estimate of drug-likeness (QED) is 0.649. The Labute approximate surface area is 78.2 Å². The predicted molar refractivity (Wildman–Crippen MR) is 54.8 cm³/mol. The largest absolute Gasteiger partial charge is 0.335 e. The van der Waals surface area contributed by atoms with E-state index in [0.717, 1.165) is 12.1 Å². The second-order valence-electron chi connectivity index (χ2n) is 3.50. The second kappa shape index (κ2) is 2.87. The van der Waals surface area contributed by atoms with Crippen LogP contribution in [0.1, 0.15) is 18.1 Å². The van der Waals surface area contributed by atoms with Crippen molar-refractivity contribution in [3.8, 4) is 0 Å². The number of rotatable bonds is 1. The minimum Gasteiger partial charge on any atom is -0.335 e. The third-order valence-corrected chi connectivity index (χ3v) is 2.41. The van der Waals surface area contributed by atoms with Crippen LogP contribution in [-0.4, -0.2) is 9.55 Å². The van der Waals surface area contributed by atoms with Crippen molar-refractivity contribution in [2.75, 3.05) is 0 Å². The molecule has 0 spiro atoms. The van der Waals surface area contributed by atoms with Gasteiger partial charge in [0.1, 0.15) is 5.65 Å². The maximum absolute atomic E-state index is 4.41. The standard InChI is InChI=1S/C11H14N2/c1-4-9-7-13(3)11-10(9)5-8(2)6-12-11/h5-7H,4H2,1-3H3. The molecule has 0 fully saturated rings. The van der Waals surface area contributed by atoms with Gasteiger partial charge in [-0.2, -0.15) is 0 Å². The van der Waals surface area contributed by atoms with E-state index in [4.69, 9.17) is 0 Å². The molecule has 68 valence electrons. The highest BCUT2D eigenvalue weighted by atomic mass is 15.0. The molecule has 0 saturated carbocycles. The number of fused-ring (bicyclic) bond motifs is 1. The molecule has 0 aliphatic carbocycles. The van der Waals surface area contributed by atoms with Crippen LogP contribution >= 0.6 is 0 Å². The van der Waals surface area contributed by atoms with Gasteiger partial charge >= 0.3 is 0 Å². The Morgan fingerprint density at radius 3 is 2.92 bits per heavy atom. The smallest absolute Gasteiger partial charge is 0.139 e. The van der Waals surface area contributed by atoms with Gasteiger partial charge in [0.2, 0.25) is 0 Å². The van der Waals surface area contributed by atoms with Gasteiger partial charge in [-0.1, -0.05) is 6.92 Å². The summed E-state index contributed by atoms with van der Waals surface area (Å²) in [5.41, 5.74) is 3.70. The van der Waals surface area contributed by atoms with Gasteiger partial charge in [0, 0.05) is 24.8 Å². The van der Waals surface area contributed by atoms with E-state index < -0.39 is 0 Å². The Balaban J connectivity index is 2.81. The molecule has 13 heavy (non-hydrogen) atoms. The Kier molecular flexibility index (Phi) is 1.83. The number of aryl methyl sites for hydroxylation is 3. The third-order valence-electron chi connectivity index (χ3n) is 2.41. The average Bonchev–Trinajstić information content (AvgIpc) is 2.42. The monoisotopic (exact) mass is 174 g/mol. The van der Waals surface area contributed by atoms with Crippen LogP contribution in [0.15, 0.2) is 18.5 Å². The normalized spacial score (nSPS) is 11.0. The number of hydrogen-bond acceptors (Lipinski definition) is 1. The fourth-order valence-corrected chi connectivity index (χ4v) is 1.73. The van der Waals surface area contributed by atoms with Crippen LogP contribution in [0.5, 0.6) is 0 Å². The summed E-state index contributed by atoms with van der Waals surface area (Å²) in [7, 11) is 2.05. The van der Waals surface area contributed by atoms with Gasteiger partial charge in [0.05, 0.1) is 0 Å². The molecule has 0 aromatic carbocycles. The molecule has 0 radical (unpaired) electrons. The summed E-state index contributed by atoms with van der Waals surface area (Å²) in [6, 6.07) is 2.21. The van der Waals surface area contributed by atoms with Gasteiger partial charge in [-0.25, -0.2) is 4.98 Å². The summed E-state index contributed by atoms with van der Waals surface area (Å²) in [6.07, 6.45) is 5.15. The van der Waals surface area contributed by atoms with E-state index in [1.165, 1.54) is 16.5 Å². The van der Waals surface area contributed by atoms with Gasteiger partial charge in [0.25, 0.3) is 0 Å². The fourth-order valence-electron chi connectivity index (χ4n) is 1.73. The van der Waals surface area contributed by atoms with Crippen molar-refractivity contribution in [2.24, 2.45) is 7.05 Å². The van der Waals surface area contributed by atoms with E-state index in [-0.39, 0.29) is 0 Å². The first kappa shape index (κ1) is 8.30. The van der Waals surface area contributed by atoms with Crippen molar-refractivity contribution >= 4 is 11.0 Å². The summed E-state index contributed by atoms with van der Waals surface area (Å²) in [4.78, 5) is 4.41. The van der Waals surface area contributed by atoms with Crippen molar-refractivity contribution in [1.29, 1.82) is 0 Å². The Bertz CT molecular complexity index is 441. The summed E-state index contributed by atoms with van der Waals surface area (Å²) in [5.74, 6) is 0. The highest BCUT2D eigenvalue weighted by Crippen LogP contribution is 2.19. The molecule has 0 N–H and O–H groups in total. The molecule has 2 heterocycles. The highest BCUT2D eigenvalue weighted by Gasteiger charge is 2.05. The van der Waals surface area contributed by atoms with Crippen LogP contribution in [-0.2, 0) is 13.5 Å². The van der Waals surface area contributed by atoms with Crippen LogP contribution in [0, 0.1) is 6.92 Å².